The molecule has 26 heavy (non-hydrogen) atoms. The molecule has 10 heteroatoms. The van der Waals surface area contributed by atoms with Gasteiger partial charge in [-0.05, 0) is 30.8 Å². The molecule has 1 aliphatic rings. The lowest BCUT2D eigenvalue weighted by atomic mass is 10.2. The molecule has 1 unspecified atom stereocenters. The van der Waals surface area contributed by atoms with E-state index in [4.69, 9.17) is 22.1 Å². The van der Waals surface area contributed by atoms with Gasteiger partial charge in [-0.15, -0.1) is 0 Å². The van der Waals surface area contributed by atoms with Gasteiger partial charge < -0.3 is 22.1 Å². The van der Waals surface area contributed by atoms with E-state index in [9.17, 15) is 14.4 Å². The van der Waals surface area contributed by atoms with E-state index in [0.29, 0.717) is 23.1 Å². The average Bonchev–Trinajstić information content (AvgIpc) is 2.52. The Morgan fingerprint density at radius 2 is 1.62 bits per heavy atom. The first-order valence-corrected chi connectivity index (χ1v) is 12.4. The van der Waals surface area contributed by atoms with Crippen molar-refractivity contribution in [3.8, 4) is 5.75 Å². The fraction of sp³-hybridized carbons (Fsp3) is 0.438. The summed E-state index contributed by atoms with van der Waals surface area (Å²) in [7, 11) is -6.36. The Labute approximate surface area is 154 Å². The van der Waals surface area contributed by atoms with Gasteiger partial charge in [0.05, 0.1) is 11.8 Å². The number of hydrogen-bond donors (Lipinski definition) is 0. The lowest BCUT2D eigenvalue weighted by molar-refractivity contribution is -0.146. The lowest BCUT2D eigenvalue weighted by Gasteiger charge is -2.33. The molecule has 0 N–H and O–H groups in total. The Bertz CT molecular complexity index is 694. The second-order valence-corrected chi connectivity index (χ2v) is 11.8. The first-order chi connectivity index (χ1) is 12.1. The molecular weight excluding hydrogens is 376 g/mol. The number of hydrogen-bond acceptors (Lipinski definition) is 8. The molecule has 0 radical (unpaired) electrons. The van der Waals surface area contributed by atoms with Crippen LogP contribution in [0.1, 0.15) is 33.3 Å². The van der Waals surface area contributed by atoms with E-state index in [2.05, 4.69) is 0 Å². The summed E-state index contributed by atoms with van der Waals surface area (Å²) in [6.07, 6.45) is 0. The summed E-state index contributed by atoms with van der Waals surface area (Å²) in [6, 6.07) is 5.68. The fourth-order valence-corrected chi connectivity index (χ4v) is 6.24. The summed E-state index contributed by atoms with van der Waals surface area (Å²) in [5.74, 6) is -1.52. The van der Waals surface area contributed by atoms with Crippen molar-refractivity contribution < 1.29 is 36.5 Å². The van der Waals surface area contributed by atoms with Gasteiger partial charge in [0, 0.05) is 26.3 Å². The van der Waals surface area contributed by atoms with Crippen LogP contribution >= 0.6 is 0 Å². The van der Waals surface area contributed by atoms with E-state index in [1.807, 2.05) is 13.5 Å². The summed E-state index contributed by atoms with van der Waals surface area (Å²) < 4.78 is 27.6. The first kappa shape index (κ1) is 20.1. The van der Waals surface area contributed by atoms with Crippen LogP contribution in [0.25, 0.3) is 0 Å². The largest absolute Gasteiger partial charge is 0.742 e. The highest BCUT2D eigenvalue weighted by molar-refractivity contribution is 6.79. The molecule has 0 bridgehead atoms. The minimum atomic E-state index is -4.11. The normalized spacial score (nSPS) is 19.0. The van der Waals surface area contributed by atoms with Crippen molar-refractivity contribution in [3.63, 3.8) is 0 Å². The van der Waals surface area contributed by atoms with Crippen molar-refractivity contribution in [1.29, 1.82) is 0 Å². The molecule has 0 fully saturated rings. The number of rotatable bonds is 5. The summed E-state index contributed by atoms with van der Waals surface area (Å²) >= 11 is 0. The van der Waals surface area contributed by atoms with Crippen LogP contribution in [0.2, 0.25) is 12.6 Å². The molecule has 2 rings (SSSR count). The Balaban J connectivity index is 2.49. The molecule has 0 aromatic heterocycles. The number of benzene rings is 1. The van der Waals surface area contributed by atoms with E-state index in [0.717, 1.165) is 26.8 Å². The zero-order valence-corrected chi connectivity index (χ0v) is 17.4. The van der Waals surface area contributed by atoms with Gasteiger partial charge in [-0.2, -0.15) is 0 Å². The van der Waals surface area contributed by atoms with Crippen LogP contribution in [0.15, 0.2) is 18.2 Å². The maximum atomic E-state index is 11.6. The summed E-state index contributed by atoms with van der Waals surface area (Å²) in [5, 5.41) is 0.297. The molecule has 1 heterocycles. The van der Waals surface area contributed by atoms with Crippen molar-refractivity contribution in [2.75, 3.05) is 0 Å². The standard InChI is InChI=1S/C16H22O8Si2/c1-6-25(5)20-10-14-9-15(7-8-16(14)24-25)26(21-11(2)17,22-12(3)18)23-13(4)19/h7-9H,6,10H2,1-5H3. The molecule has 1 aromatic carbocycles. The van der Waals surface area contributed by atoms with Crippen LogP contribution in [0.4, 0.5) is 0 Å². The Kier molecular flexibility index (Phi) is 5.89. The molecule has 0 saturated carbocycles. The van der Waals surface area contributed by atoms with Crippen LogP contribution < -0.4 is 9.61 Å². The van der Waals surface area contributed by atoms with E-state index in [1.165, 1.54) is 0 Å². The van der Waals surface area contributed by atoms with E-state index in [-0.39, 0.29) is 0 Å². The molecule has 1 atom stereocenters. The Hall–Kier alpha value is -2.18. The Morgan fingerprint density at radius 3 is 2.08 bits per heavy atom. The van der Waals surface area contributed by atoms with Crippen LogP contribution in [0, 0.1) is 0 Å². The first-order valence-electron chi connectivity index (χ1n) is 8.14. The third kappa shape index (κ3) is 4.51. The quantitative estimate of drug-likeness (QED) is 0.689. The minimum absolute atomic E-state index is 0.297. The molecule has 1 aromatic rings. The summed E-state index contributed by atoms with van der Waals surface area (Å²) in [5.41, 5.74) is 0.698. The maximum absolute atomic E-state index is 11.6. The lowest BCUT2D eigenvalue weighted by Crippen LogP contribution is -2.59. The fourth-order valence-electron chi connectivity index (χ4n) is 2.46. The second kappa shape index (κ2) is 7.60. The molecule has 0 aliphatic carbocycles. The SMILES string of the molecule is CC[Si]1(C)OCc2cc([Si](OC(C)=O)(OC(C)=O)OC(C)=O)ccc2O1. The van der Waals surface area contributed by atoms with E-state index < -0.39 is 35.3 Å². The van der Waals surface area contributed by atoms with Gasteiger partial charge in [0.2, 0.25) is 0 Å². The number of carbonyl (C=O) groups is 3. The predicted molar refractivity (Wildman–Crippen MR) is 94.6 cm³/mol. The van der Waals surface area contributed by atoms with Gasteiger partial charge >= 0.3 is 17.4 Å². The predicted octanol–water partition coefficient (Wildman–Crippen LogP) is 1.52. The molecule has 0 spiro atoms. The van der Waals surface area contributed by atoms with Gasteiger partial charge in [0.25, 0.3) is 17.9 Å². The molecule has 0 saturated heterocycles. The van der Waals surface area contributed by atoms with Crippen molar-refractivity contribution >= 4 is 40.5 Å². The summed E-state index contributed by atoms with van der Waals surface area (Å²) in [4.78, 5) is 34.8. The monoisotopic (exact) mass is 398 g/mol. The smallest absolute Gasteiger partial charge is 0.520 e. The van der Waals surface area contributed by atoms with Gasteiger partial charge in [-0.25, -0.2) is 0 Å². The van der Waals surface area contributed by atoms with Crippen LogP contribution in [-0.4, -0.2) is 35.3 Å². The van der Waals surface area contributed by atoms with Crippen LogP contribution in [0.3, 0.4) is 0 Å². The van der Waals surface area contributed by atoms with Crippen molar-refractivity contribution in [1.82, 2.24) is 0 Å². The Morgan fingerprint density at radius 1 is 1.08 bits per heavy atom. The third-order valence-corrected chi connectivity index (χ3v) is 9.13. The van der Waals surface area contributed by atoms with Crippen LogP contribution in [-0.2, 0) is 38.7 Å². The second-order valence-electron chi connectivity index (χ2n) is 6.04. The summed E-state index contributed by atoms with van der Waals surface area (Å²) in [6.45, 7) is 7.74. The van der Waals surface area contributed by atoms with Crippen molar-refractivity contribution in [2.45, 2.75) is 46.9 Å². The van der Waals surface area contributed by atoms with E-state index >= 15 is 0 Å². The highest BCUT2D eigenvalue weighted by atomic mass is 28.4. The van der Waals surface area contributed by atoms with Crippen molar-refractivity contribution in [2.24, 2.45) is 0 Å². The van der Waals surface area contributed by atoms with Gasteiger partial charge in [0.15, 0.2) is 0 Å². The van der Waals surface area contributed by atoms with Crippen molar-refractivity contribution in [3.05, 3.63) is 23.8 Å². The minimum Gasteiger partial charge on any atom is -0.520 e. The zero-order valence-electron chi connectivity index (χ0n) is 15.4. The maximum Gasteiger partial charge on any atom is 0.742 e. The van der Waals surface area contributed by atoms with Gasteiger partial charge in [0.1, 0.15) is 5.75 Å². The average molecular weight is 399 g/mol. The van der Waals surface area contributed by atoms with Crippen LogP contribution in [0.5, 0.6) is 5.75 Å². The topological polar surface area (TPSA) is 97.4 Å². The molecule has 0 amide bonds. The number of fused-ring (bicyclic) bond motifs is 1. The zero-order chi connectivity index (χ0) is 19.5. The van der Waals surface area contributed by atoms with E-state index in [1.54, 1.807) is 18.2 Å². The molecular formula is C16H22O8Si2. The van der Waals surface area contributed by atoms with Gasteiger partial charge in [-0.3, -0.25) is 14.4 Å². The molecule has 1 aliphatic heterocycles. The number of carbonyl (C=O) groups excluding carboxylic acids is 3. The highest BCUT2D eigenvalue weighted by Gasteiger charge is 2.55. The van der Waals surface area contributed by atoms with Gasteiger partial charge in [-0.1, -0.05) is 6.92 Å². The molecule has 8 nitrogen and oxygen atoms in total. The molecule has 142 valence electrons. The third-order valence-electron chi connectivity index (χ3n) is 3.75. The highest BCUT2D eigenvalue weighted by Crippen LogP contribution is 2.31.